The Kier molecular flexibility index (Phi) is 5.04. The molecular weight excluding hydrogens is 394 g/mol. The van der Waals surface area contributed by atoms with Crippen molar-refractivity contribution in [3.8, 4) is 0 Å². The summed E-state index contributed by atoms with van der Waals surface area (Å²) in [7, 11) is -7.89. The average molecular weight is 411 g/mol. The summed E-state index contributed by atoms with van der Waals surface area (Å²) in [6.07, 6.45) is 0. The zero-order valence-electron chi connectivity index (χ0n) is 14.3. The van der Waals surface area contributed by atoms with Gasteiger partial charge in [-0.3, -0.25) is 10.1 Å². The molecule has 11 heteroatoms. The van der Waals surface area contributed by atoms with Crippen LogP contribution in [0.5, 0.6) is 0 Å². The van der Waals surface area contributed by atoms with Crippen LogP contribution < -0.4 is 0 Å². The lowest BCUT2D eigenvalue weighted by Gasteiger charge is -2.18. The summed E-state index contributed by atoms with van der Waals surface area (Å²) < 4.78 is 53.0. The van der Waals surface area contributed by atoms with Crippen LogP contribution in [0.2, 0.25) is 0 Å². The van der Waals surface area contributed by atoms with Gasteiger partial charge in [-0.15, -0.1) is 0 Å². The molecule has 0 N–H and O–H groups in total. The third kappa shape index (κ3) is 3.58. The number of hydrogen-bond donors (Lipinski definition) is 0. The highest BCUT2D eigenvalue weighted by atomic mass is 32.2. The first kappa shape index (κ1) is 19.4. The number of benzene rings is 2. The first-order chi connectivity index (χ1) is 12.6. The van der Waals surface area contributed by atoms with E-state index in [9.17, 15) is 26.9 Å². The van der Waals surface area contributed by atoms with E-state index < -0.39 is 25.0 Å². The molecule has 1 aliphatic heterocycles. The second kappa shape index (κ2) is 7.00. The third-order valence-electron chi connectivity index (χ3n) is 4.31. The predicted octanol–water partition coefficient (Wildman–Crippen LogP) is 1.56. The number of sulfonamides is 2. The van der Waals surface area contributed by atoms with Crippen molar-refractivity contribution in [1.82, 2.24) is 8.61 Å². The molecule has 9 nitrogen and oxygen atoms in total. The minimum atomic E-state index is -4.06. The summed E-state index contributed by atoms with van der Waals surface area (Å²) in [5.41, 5.74) is 0.0395. The predicted molar refractivity (Wildman–Crippen MR) is 96.9 cm³/mol. The van der Waals surface area contributed by atoms with Gasteiger partial charge < -0.3 is 0 Å². The van der Waals surface area contributed by atoms with Gasteiger partial charge in [-0.2, -0.15) is 8.61 Å². The molecule has 2 aromatic rings. The van der Waals surface area contributed by atoms with Crippen LogP contribution >= 0.6 is 0 Å². The van der Waals surface area contributed by atoms with Gasteiger partial charge in [0.25, 0.3) is 5.69 Å². The van der Waals surface area contributed by atoms with Crippen molar-refractivity contribution in [2.75, 3.05) is 19.8 Å². The monoisotopic (exact) mass is 411 g/mol. The van der Waals surface area contributed by atoms with E-state index in [4.69, 9.17) is 0 Å². The van der Waals surface area contributed by atoms with Crippen molar-refractivity contribution < 1.29 is 21.8 Å². The summed E-state index contributed by atoms with van der Waals surface area (Å²) >= 11 is 0. The van der Waals surface area contributed by atoms with Crippen molar-refractivity contribution in [1.29, 1.82) is 0 Å². The molecule has 1 aliphatic rings. The summed E-state index contributed by atoms with van der Waals surface area (Å²) in [6.45, 7) is 1.14. The number of hydrogen-bond acceptors (Lipinski definition) is 6. The van der Waals surface area contributed by atoms with Gasteiger partial charge in [0.05, 0.1) is 21.4 Å². The second-order valence-corrected chi connectivity index (χ2v) is 9.90. The summed E-state index contributed by atoms with van der Waals surface area (Å²) in [6, 6.07) is 11.4. The van der Waals surface area contributed by atoms with Crippen LogP contribution in [0.15, 0.2) is 58.3 Å². The van der Waals surface area contributed by atoms with Gasteiger partial charge in [-0.25, -0.2) is 16.8 Å². The first-order valence-electron chi connectivity index (χ1n) is 7.94. The molecule has 1 fully saturated rings. The summed E-state index contributed by atoms with van der Waals surface area (Å²) in [5.74, 6) is 0. The molecule has 0 radical (unpaired) electrons. The van der Waals surface area contributed by atoms with Crippen LogP contribution in [0.1, 0.15) is 5.56 Å². The Labute approximate surface area is 157 Å². The van der Waals surface area contributed by atoms with Gasteiger partial charge in [-0.05, 0) is 25.1 Å². The van der Waals surface area contributed by atoms with Gasteiger partial charge in [0.1, 0.15) is 0 Å². The van der Waals surface area contributed by atoms with E-state index in [1.165, 1.54) is 31.2 Å². The molecular formula is C16H17N3O6S2. The molecule has 0 aliphatic carbocycles. The van der Waals surface area contributed by atoms with Gasteiger partial charge in [0, 0.05) is 24.7 Å². The first-order valence-corrected chi connectivity index (χ1v) is 10.8. The van der Waals surface area contributed by atoms with Crippen molar-refractivity contribution >= 4 is 25.7 Å². The Balaban J connectivity index is 1.88. The molecule has 0 amide bonds. The van der Waals surface area contributed by atoms with Gasteiger partial charge >= 0.3 is 0 Å². The number of aryl methyl sites for hydroxylation is 1. The largest absolute Gasteiger partial charge is 0.273 e. The summed E-state index contributed by atoms with van der Waals surface area (Å²) in [4.78, 5) is 10.3. The lowest BCUT2D eigenvalue weighted by atomic mass is 10.2. The maximum atomic E-state index is 12.8. The Bertz CT molecular complexity index is 1080. The number of rotatable bonds is 5. The minimum Gasteiger partial charge on any atom is -0.258 e. The maximum Gasteiger partial charge on any atom is 0.273 e. The quantitative estimate of drug-likeness (QED) is 0.544. The van der Waals surface area contributed by atoms with Crippen molar-refractivity contribution in [3.63, 3.8) is 0 Å². The van der Waals surface area contributed by atoms with E-state index in [2.05, 4.69) is 0 Å². The topological polar surface area (TPSA) is 118 Å². The molecule has 0 aromatic heterocycles. The zero-order valence-corrected chi connectivity index (χ0v) is 16.0. The van der Waals surface area contributed by atoms with Gasteiger partial charge in [-0.1, -0.05) is 24.3 Å². The zero-order chi connectivity index (χ0) is 19.8. The number of nitro benzene ring substituents is 1. The van der Waals surface area contributed by atoms with Crippen LogP contribution in [0, 0.1) is 17.0 Å². The molecule has 0 saturated carbocycles. The molecule has 1 heterocycles. The molecule has 0 spiro atoms. The van der Waals surface area contributed by atoms with E-state index in [-0.39, 0.29) is 35.2 Å². The summed E-state index contributed by atoms with van der Waals surface area (Å²) in [5, 5.41) is 11.1. The van der Waals surface area contributed by atoms with Crippen LogP contribution in [-0.2, 0) is 20.0 Å². The third-order valence-corrected chi connectivity index (χ3v) is 7.98. The Morgan fingerprint density at radius 3 is 2.00 bits per heavy atom. The van der Waals surface area contributed by atoms with Crippen molar-refractivity contribution in [3.05, 3.63) is 64.2 Å². The standard InChI is InChI=1S/C16H17N3O6S2/c1-13-7-8-15(11-16(13)19(20)21)27(24,25)18-10-9-17(12-18)26(22,23)14-5-3-2-4-6-14/h2-8,11H,9-10,12H2,1H3. The van der Waals surface area contributed by atoms with Gasteiger partial charge in [0.2, 0.25) is 20.0 Å². The highest BCUT2D eigenvalue weighted by Crippen LogP contribution is 2.27. The van der Waals surface area contributed by atoms with Crippen molar-refractivity contribution in [2.24, 2.45) is 0 Å². The highest BCUT2D eigenvalue weighted by molar-refractivity contribution is 7.90. The fourth-order valence-electron chi connectivity index (χ4n) is 2.77. The van der Waals surface area contributed by atoms with Crippen LogP contribution in [0.25, 0.3) is 0 Å². The van der Waals surface area contributed by atoms with Crippen LogP contribution in [0.3, 0.4) is 0 Å². The Morgan fingerprint density at radius 1 is 0.889 bits per heavy atom. The lowest BCUT2D eigenvalue weighted by molar-refractivity contribution is -0.385. The molecule has 3 rings (SSSR count). The lowest BCUT2D eigenvalue weighted by Crippen LogP contribution is -2.34. The Hall–Kier alpha value is -2.34. The maximum absolute atomic E-state index is 12.8. The van der Waals surface area contributed by atoms with Gasteiger partial charge in [0.15, 0.2) is 0 Å². The Morgan fingerprint density at radius 2 is 1.44 bits per heavy atom. The fraction of sp³-hybridized carbons (Fsp3) is 0.250. The highest BCUT2D eigenvalue weighted by Gasteiger charge is 2.37. The molecule has 0 bridgehead atoms. The second-order valence-electron chi connectivity index (χ2n) is 6.02. The van der Waals surface area contributed by atoms with E-state index in [1.807, 2.05) is 0 Å². The number of nitrogens with zero attached hydrogens (tertiary/aromatic N) is 3. The fourth-order valence-corrected chi connectivity index (χ4v) is 5.67. The SMILES string of the molecule is Cc1ccc(S(=O)(=O)N2CCN(S(=O)(=O)c3ccccc3)C2)cc1[N+](=O)[O-]. The average Bonchev–Trinajstić information content (AvgIpc) is 3.14. The molecule has 2 aromatic carbocycles. The molecule has 27 heavy (non-hydrogen) atoms. The smallest absolute Gasteiger partial charge is 0.258 e. The van der Waals surface area contributed by atoms with Crippen LogP contribution in [0.4, 0.5) is 5.69 Å². The minimum absolute atomic E-state index is 0.00438. The van der Waals surface area contributed by atoms with E-state index in [0.29, 0.717) is 5.56 Å². The molecule has 0 atom stereocenters. The van der Waals surface area contributed by atoms with E-state index in [1.54, 1.807) is 18.2 Å². The molecule has 144 valence electrons. The normalized spacial score (nSPS) is 16.5. The molecule has 0 unspecified atom stereocenters. The van der Waals surface area contributed by atoms with E-state index in [0.717, 1.165) is 14.7 Å². The van der Waals surface area contributed by atoms with Crippen LogP contribution in [-0.4, -0.2) is 50.1 Å². The van der Waals surface area contributed by atoms with Crippen molar-refractivity contribution in [2.45, 2.75) is 16.7 Å². The number of nitro groups is 1. The molecule has 1 saturated heterocycles. The van der Waals surface area contributed by atoms with E-state index >= 15 is 0 Å².